The van der Waals surface area contributed by atoms with Gasteiger partial charge in [0.2, 0.25) is 6.41 Å². The Bertz CT molecular complexity index is 545. The minimum Gasteiger partial charge on any atom is -0.352 e. The Labute approximate surface area is 132 Å². The molecule has 3 heteroatoms. The van der Waals surface area contributed by atoms with E-state index in [1.54, 1.807) is 11.8 Å². The summed E-state index contributed by atoms with van der Waals surface area (Å²) in [6, 6.07) is 8.45. The smallest absolute Gasteiger partial charge is 0.207 e. The van der Waals surface area contributed by atoms with Crippen LogP contribution >= 0.6 is 11.8 Å². The molecule has 1 aromatic rings. The first-order chi connectivity index (χ1) is 10.1. The lowest BCUT2D eigenvalue weighted by molar-refractivity contribution is -0.110. The van der Waals surface area contributed by atoms with Gasteiger partial charge < -0.3 is 5.32 Å². The summed E-state index contributed by atoms with van der Waals surface area (Å²) in [4.78, 5) is 11.8. The highest BCUT2D eigenvalue weighted by Crippen LogP contribution is 2.31. The largest absolute Gasteiger partial charge is 0.352 e. The number of carbonyl (C=O) groups excluding carboxylic acids is 1. The third-order valence-corrected chi connectivity index (χ3v) is 4.20. The normalized spacial score (nSPS) is 11.0. The standard InChI is InChI=1S/C18H23NOS/c1-5-7-12-21-18(14(3)4)16-10-8-15(9-11-16)17(6-2)19-13-20/h8-11,13,17H,5-6H2,1-4H3,(H,19,20). The molecule has 0 aliphatic heterocycles. The highest BCUT2D eigenvalue weighted by Gasteiger charge is 2.09. The highest BCUT2D eigenvalue weighted by atomic mass is 32.2. The van der Waals surface area contributed by atoms with E-state index in [-0.39, 0.29) is 6.04 Å². The minimum absolute atomic E-state index is 0.0826. The van der Waals surface area contributed by atoms with Crippen LogP contribution in [0.4, 0.5) is 0 Å². The molecule has 0 aliphatic rings. The molecule has 0 spiro atoms. The lowest BCUT2D eigenvalue weighted by atomic mass is 10.0. The Balaban J connectivity index is 2.98. The molecule has 0 saturated heterocycles. The van der Waals surface area contributed by atoms with E-state index in [4.69, 9.17) is 0 Å². The Morgan fingerprint density at radius 2 is 1.95 bits per heavy atom. The van der Waals surface area contributed by atoms with Crippen molar-refractivity contribution in [2.75, 3.05) is 0 Å². The number of benzene rings is 1. The summed E-state index contributed by atoms with van der Waals surface area (Å²) in [6.45, 7) is 8.32. The summed E-state index contributed by atoms with van der Waals surface area (Å²) < 4.78 is 0. The average Bonchev–Trinajstić information content (AvgIpc) is 2.49. The van der Waals surface area contributed by atoms with Crippen molar-refractivity contribution in [2.45, 2.75) is 46.6 Å². The van der Waals surface area contributed by atoms with Gasteiger partial charge in [0.1, 0.15) is 0 Å². The fourth-order valence-corrected chi connectivity index (χ4v) is 2.78. The summed E-state index contributed by atoms with van der Waals surface area (Å²) in [5, 5.41) is 5.98. The minimum atomic E-state index is 0.0826. The predicted molar refractivity (Wildman–Crippen MR) is 92.6 cm³/mol. The molecular formula is C18H23NOS. The van der Waals surface area contributed by atoms with Crippen LogP contribution < -0.4 is 5.32 Å². The molecule has 2 nitrogen and oxygen atoms in total. The lowest BCUT2D eigenvalue weighted by Gasteiger charge is -2.15. The molecule has 1 amide bonds. The number of hydrogen-bond donors (Lipinski definition) is 1. The van der Waals surface area contributed by atoms with Gasteiger partial charge in [0.25, 0.3) is 0 Å². The molecule has 1 aromatic carbocycles. The van der Waals surface area contributed by atoms with Crippen LogP contribution in [-0.4, -0.2) is 6.41 Å². The van der Waals surface area contributed by atoms with Gasteiger partial charge in [-0.15, -0.1) is 0 Å². The third-order valence-electron chi connectivity index (χ3n) is 3.11. The summed E-state index contributed by atoms with van der Waals surface area (Å²) in [5.41, 5.74) is 3.57. The van der Waals surface area contributed by atoms with Gasteiger partial charge in [0, 0.05) is 11.3 Å². The maximum atomic E-state index is 10.6. The molecule has 0 saturated carbocycles. The number of hydrogen-bond acceptors (Lipinski definition) is 2. The van der Waals surface area contributed by atoms with Crippen LogP contribution in [0.25, 0.3) is 4.91 Å². The zero-order chi connectivity index (χ0) is 15.7. The molecule has 0 bridgehead atoms. The molecule has 0 fully saturated rings. The van der Waals surface area contributed by atoms with E-state index in [9.17, 15) is 4.79 Å². The second kappa shape index (κ2) is 9.31. The van der Waals surface area contributed by atoms with Gasteiger partial charge in [-0.25, -0.2) is 0 Å². The van der Waals surface area contributed by atoms with E-state index in [0.29, 0.717) is 0 Å². The maximum Gasteiger partial charge on any atom is 0.207 e. The van der Waals surface area contributed by atoms with E-state index < -0.39 is 0 Å². The zero-order valence-corrected chi connectivity index (χ0v) is 14.0. The summed E-state index contributed by atoms with van der Waals surface area (Å²) >= 11 is 1.58. The van der Waals surface area contributed by atoms with Crippen LogP contribution in [0.5, 0.6) is 0 Å². The van der Waals surface area contributed by atoms with Gasteiger partial charge in [0.15, 0.2) is 0 Å². The van der Waals surface area contributed by atoms with Gasteiger partial charge in [-0.3, -0.25) is 4.79 Å². The topological polar surface area (TPSA) is 29.1 Å². The number of allylic oxidation sites excluding steroid dienone is 1. The monoisotopic (exact) mass is 301 g/mol. The maximum absolute atomic E-state index is 10.6. The van der Waals surface area contributed by atoms with Crippen molar-refractivity contribution in [3.8, 4) is 11.2 Å². The summed E-state index contributed by atoms with van der Waals surface area (Å²) in [7, 11) is 0. The number of rotatable bonds is 6. The van der Waals surface area contributed by atoms with Crippen LogP contribution in [0.15, 0.2) is 29.8 Å². The number of thioether (sulfide) groups is 1. The van der Waals surface area contributed by atoms with E-state index in [0.717, 1.165) is 24.8 Å². The van der Waals surface area contributed by atoms with Crippen LogP contribution in [0, 0.1) is 11.2 Å². The van der Waals surface area contributed by atoms with Crippen molar-refractivity contribution in [3.05, 3.63) is 41.0 Å². The van der Waals surface area contributed by atoms with E-state index in [1.165, 1.54) is 16.0 Å². The Morgan fingerprint density at radius 1 is 1.29 bits per heavy atom. The molecule has 1 rings (SSSR count). The second-order valence-electron chi connectivity index (χ2n) is 4.93. The van der Waals surface area contributed by atoms with Gasteiger partial charge >= 0.3 is 0 Å². The van der Waals surface area contributed by atoms with Gasteiger partial charge in [-0.05, 0) is 48.4 Å². The van der Waals surface area contributed by atoms with Crippen molar-refractivity contribution in [1.82, 2.24) is 5.32 Å². The van der Waals surface area contributed by atoms with Crippen LogP contribution in [-0.2, 0) is 4.79 Å². The molecule has 21 heavy (non-hydrogen) atoms. The van der Waals surface area contributed by atoms with Crippen molar-refractivity contribution in [2.24, 2.45) is 0 Å². The first kappa shape index (κ1) is 17.4. The first-order valence-corrected chi connectivity index (χ1v) is 8.07. The van der Waals surface area contributed by atoms with Crippen LogP contribution in [0.3, 0.4) is 0 Å². The zero-order valence-electron chi connectivity index (χ0n) is 13.2. The van der Waals surface area contributed by atoms with Crippen molar-refractivity contribution in [3.63, 3.8) is 0 Å². The Morgan fingerprint density at radius 3 is 2.43 bits per heavy atom. The van der Waals surface area contributed by atoms with Gasteiger partial charge in [0.05, 0.1) is 6.04 Å². The molecule has 0 heterocycles. The first-order valence-electron chi connectivity index (χ1n) is 7.26. The van der Waals surface area contributed by atoms with E-state index >= 15 is 0 Å². The van der Waals surface area contributed by atoms with E-state index in [1.807, 2.05) is 0 Å². The fourth-order valence-electron chi connectivity index (χ4n) is 2.01. The number of nitrogens with one attached hydrogen (secondary N) is 1. The number of amides is 1. The second-order valence-corrected chi connectivity index (χ2v) is 5.75. The lowest BCUT2D eigenvalue weighted by Crippen LogP contribution is -2.18. The molecule has 1 N–H and O–H groups in total. The van der Waals surface area contributed by atoms with Gasteiger partial charge in [-0.1, -0.05) is 49.6 Å². The SMILES string of the molecule is CCC#CSC(=C(C)C)c1ccc(C(CC)NC=O)cc1. The van der Waals surface area contributed by atoms with Crippen LogP contribution in [0.1, 0.15) is 57.7 Å². The highest BCUT2D eigenvalue weighted by molar-refractivity contribution is 8.12. The summed E-state index contributed by atoms with van der Waals surface area (Å²) in [6.07, 6.45) is 2.52. The van der Waals surface area contributed by atoms with Gasteiger partial charge in [-0.2, -0.15) is 0 Å². The van der Waals surface area contributed by atoms with Crippen molar-refractivity contribution >= 4 is 23.1 Å². The molecule has 0 aliphatic carbocycles. The van der Waals surface area contributed by atoms with Crippen molar-refractivity contribution in [1.29, 1.82) is 0 Å². The summed E-state index contributed by atoms with van der Waals surface area (Å²) in [5.74, 6) is 3.09. The molecule has 1 atom stereocenters. The molecule has 0 radical (unpaired) electrons. The molecule has 0 aromatic heterocycles. The van der Waals surface area contributed by atoms with Crippen molar-refractivity contribution < 1.29 is 4.79 Å². The third kappa shape index (κ3) is 5.32. The quantitative estimate of drug-likeness (QED) is 0.607. The molecular weight excluding hydrogens is 278 g/mol. The number of carbonyl (C=O) groups is 1. The Kier molecular flexibility index (Phi) is 7.71. The van der Waals surface area contributed by atoms with E-state index in [2.05, 4.69) is 68.5 Å². The molecule has 112 valence electrons. The van der Waals surface area contributed by atoms with Crippen LogP contribution in [0.2, 0.25) is 0 Å². The Hall–Kier alpha value is -1.66. The molecule has 1 unspecified atom stereocenters. The fraction of sp³-hybridized carbons (Fsp3) is 0.389. The predicted octanol–water partition coefficient (Wildman–Crippen LogP) is 4.74. The average molecular weight is 301 g/mol.